The third-order valence-corrected chi connectivity index (χ3v) is 6.09. The van der Waals surface area contributed by atoms with Crippen LogP contribution in [0.2, 0.25) is 0 Å². The third kappa shape index (κ3) is 3.52. The molecule has 0 radical (unpaired) electrons. The molecule has 2 N–H and O–H groups in total. The van der Waals surface area contributed by atoms with Crippen molar-refractivity contribution in [3.8, 4) is 10.6 Å². The predicted molar refractivity (Wildman–Crippen MR) is 96.9 cm³/mol. The van der Waals surface area contributed by atoms with Gasteiger partial charge in [-0.25, -0.2) is 4.98 Å². The average molecular weight is 344 g/mol. The lowest BCUT2D eigenvalue weighted by Gasteiger charge is -2.18. The first-order valence-corrected chi connectivity index (χ1v) is 9.30. The van der Waals surface area contributed by atoms with Crippen LogP contribution in [0.3, 0.4) is 0 Å². The number of thiazole rings is 1. The molecule has 1 heterocycles. The van der Waals surface area contributed by atoms with Crippen molar-refractivity contribution in [2.45, 2.75) is 52.2 Å². The van der Waals surface area contributed by atoms with Gasteiger partial charge in [-0.2, -0.15) is 0 Å². The molecule has 1 aromatic heterocycles. The highest BCUT2D eigenvalue weighted by molar-refractivity contribution is 7.15. The molecule has 2 aromatic rings. The van der Waals surface area contributed by atoms with E-state index in [-0.39, 0.29) is 17.9 Å². The summed E-state index contributed by atoms with van der Waals surface area (Å²) in [5, 5.41) is 13.9. The molecule has 1 aliphatic rings. The second-order valence-electron chi connectivity index (χ2n) is 6.67. The van der Waals surface area contributed by atoms with Crippen molar-refractivity contribution in [2.24, 2.45) is 5.92 Å². The van der Waals surface area contributed by atoms with Crippen molar-refractivity contribution < 1.29 is 9.90 Å². The molecule has 3 atom stereocenters. The summed E-state index contributed by atoms with van der Waals surface area (Å²) >= 11 is 1.62. The van der Waals surface area contributed by atoms with Crippen molar-refractivity contribution in [1.82, 2.24) is 10.3 Å². The number of hydrogen-bond acceptors (Lipinski definition) is 4. The van der Waals surface area contributed by atoms with E-state index < -0.39 is 6.10 Å². The normalized spacial score (nSPS) is 21.7. The Kier molecular flexibility index (Phi) is 5.01. The maximum Gasteiger partial charge on any atom is 0.226 e. The van der Waals surface area contributed by atoms with Crippen molar-refractivity contribution in [2.75, 3.05) is 0 Å². The molecule has 0 saturated heterocycles. The number of aryl methyl sites for hydroxylation is 2. The lowest BCUT2D eigenvalue weighted by Crippen LogP contribution is -2.36. The van der Waals surface area contributed by atoms with Gasteiger partial charge < -0.3 is 10.4 Å². The van der Waals surface area contributed by atoms with E-state index in [1.165, 1.54) is 5.56 Å². The second kappa shape index (κ2) is 7.03. The number of carbonyl (C=O) groups is 1. The van der Waals surface area contributed by atoms with E-state index in [0.29, 0.717) is 0 Å². The molecule has 4 nitrogen and oxygen atoms in total. The highest BCUT2D eigenvalue weighted by Gasteiger charge is 2.32. The van der Waals surface area contributed by atoms with Crippen LogP contribution in [0.25, 0.3) is 10.6 Å². The summed E-state index contributed by atoms with van der Waals surface area (Å²) in [6.07, 6.45) is 1.92. The predicted octanol–water partition coefficient (Wildman–Crippen LogP) is 3.77. The van der Waals surface area contributed by atoms with Crippen molar-refractivity contribution in [1.29, 1.82) is 0 Å². The first-order chi connectivity index (χ1) is 11.5. The van der Waals surface area contributed by atoms with Crippen molar-refractivity contribution >= 4 is 17.2 Å². The standard InChI is InChI=1S/C19H24N2O2S/c1-11-7-9-14(10-8-11)19-21-13(3)17(24-19)12(2)20-18(23)15-5-4-6-16(15)22/h7-10,12,15-16,22H,4-6H2,1-3H3,(H,20,23). The molecule has 128 valence electrons. The van der Waals surface area contributed by atoms with E-state index in [1.54, 1.807) is 11.3 Å². The fourth-order valence-corrected chi connectivity index (χ4v) is 4.34. The van der Waals surface area contributed by atoms with Crippen LogP contribution in [-0.2, 0) is 4.79 Å². The Morgan fingerprint density at radius 3 is 2.62 bits per heavy atom. The topological polar surface area (TPSA) is 62.2 Å². The van der Waals surface area contributed by atoms with Crippen LogP contribution in [-0.4, -0.2) is 22.1 Å². The Hall–Kier alpha value is -1.72. The molecular formula is C19H24N2O2S. The minimum Gasteiger partial charge on any atom is -0.392 e. The highest BCUT2D eigenvalue weighted by atomic mass is 32.1. The molecule has 1 aromatic carbocycles. The molecule has 3 unspecified atom stereocenters. The van der Waals surface area contributed by atoms with Gasteiger partial charge in [-0.1, -0.05) is 29.8 Å². The maximum atomic E-state index is 12.4. The van der Waals surface area contributed by atoms with E-state index in [9.17, 15) is 9.90 Å². The number of carbonyl (C=O) groups excluding carboxylic acids is 1. The first-order valence-electron chi connectivity index (χ1n) is 8.48. The summed E-state index contributed by atoms with van der Waals surface area (Å²) in [6, 6.07) is 8.23. The van der Waals surface area contributed by atoms with Gasteiger partial charge in [0.05, 0.1) is 28.6 Å². The summed E-state index contributed by atoms with van der Waals surface area (Å²) in [5.41, 5.74) is 3.28. The Bertz CT molecular complexity index is 723. The number of benzene rings is 1. The Labute approximate surface area is 146 Å². The van der Waals surface area contributed by atoms with Crippen LogP contribution in [0.4, 0.5) is 0 Å². The zero-order valence-corrected chi connectivity index (χ0v) is 15.2. The summed E-state index contributed by atoms with van der Waals surface area (Å²) < 4.78 is 0. The minimum atomic E-state index is -0.497. The van der Waals surface area contributed by atoms with Gasteiger partial charge in [-0.15, -0.1) is 11.3 Å². The zero-order valence-electron chi connectivity index (χ0n) is 14.4. The zero-order chi connectivity index (χ0) is 17.3. The molecule has 1 saturated carbocycles. The number of aliphatic hydroxyl groups excluding tert-OH is 1. The molecule has 24 heavy (non-hydrogen) atoms. The number of aromatic nitrogens is 1. The lowest BCUT2D eigenvalue weighted by atomic mass is 10.0. The van der Waals surface area contributed by atoms with Gasteiger partial charge in [-0.05, 0) is 40.0 Å². The fourth-order valence-electron chi connectivity index (χ4n) is 3.26. The van der Waals surface area contributed by atoms with Crippen LogP contribution < -0.4 is 5.32 Å². The number of nitrogens with zero attached hydrogens (tertiary/aromatic N) is 1. The number of nitrogens with one attached hydrogen (secondary N) is 1. The lowest BCUT2D eigenvalue weighted by molar-refractivity contribution is -0.128. The first kappa shape index (κ1) is 17.1. The molecule has 1 aliphatic carbocycles. The maximum absolute atomic E-state index is 12.4. The van der Waals surface area contributed by atoms with Crippen LogP contribution in [0.5, 0.6) is 0 Å². The second-order valence-corrected chi connectivity index (χ2v) is 7.70. The van der Waals surface area contributed by atoms with E-state index in [2.05, 4.69) is 41.5 Å². The summed E-state index contributed by atoms with van der Waals surface area (Å²) in [5.74, 6) is -0.311. The monoisotopic (exact) mass is 344 g/mol. The number of amides is 1. The number of rotatable bonds is 4. The average Bonchev–Trinajstić information content (AvgIpc) is 3.14. The fraction of sp³-hybridized carbons (Fsp3) is 0.474. The molecule has 1 fully saturated rings. The van der Waals surface area contributed by atoms with E-state index in [4.69, 9.17) is 0 Å². The molecule has 0 aliphatic heterocycles. The van der Waals surface area contributed by atoms with Crippen LogP contribution >= 0.6 is 11.3 Å². The van der Waals surface area contributed by atoms with Gasteiger partial charge in [0.15, 0.2) is 0 Å². The Morgan fingerprint density at radius 2 is 2.00 bits per heavy atom. The third-order valence-electron chi connectivity index (χ3n) is 4.70. The van der Waals surface area contributed by atoms with Gasteiger partial charge in [0.2, 0.25) is 5.91 Å². The van der Waals surface area contributed by atoms with Crippen LogP contribution in [0.15, 0.2) is 24.3 Å². The Balaban J connectivity index is 1.74. The quantitative estimate of drug-likeness (QED) is 0.887. The summed E-state index contributed by atoms with van der Waals surface area (Å²) in [7, 11) is 0. The van der Waals surface area contributed by atoms with Crippen LogP contribution in [0.1, 0.15) is 48.4 Å². The summed E-state index contributed by atoms with van der Waals surface area (Å²) in [4.78, 5) is 18.1. The van der Waals surface area contributed by atoms with Crippen molar-refractivity contribution in [3.05, 3.63) is 40.4 Å². The van der Waals surface area contributed by atoms with Gasteiger partial charge in [0.1, 0.15) is 5.01 Å². The van der Waals surface area contributed by atoms with Gasteiger partial charge >= 0.3 is 0 Å². The van der Waals surface area contributed by atoms with Gasteiger partial charge in [-0.3, -0.25) is 4.79 Å². The minimum absolute atomic E-state index is 0.0443. The van der Waals surface area contributed by atoms with E-state index in [0.717, 1.165) is 40.4 Å². The van der Waals surface area contributed by atoms with Gasteiger partial charge in [0.25, 0.3) is 0 Å². The van der Waals surface area contributed by atoms with E-state index in [1.807, 2.05) is 13.8 Å². The number of aliphatic hydroxyl groups is 1. The summed E-state index contributed by atoms with van der Waals surface area (Å²) in [6.45, 7) is 6.03. The molecule has 5 heteroatoms. The molecule has 0 bridgehead atoms. The van der Waals surface area contributed by atoms with Crippen LogP contribution in [0, 0.1) is 19.8 Å². The van der Waals surface area contributed by atoms with E-state index >= 15 is 0 Å². The molecule has 1 amide bonds. The number of hydrogen-bond donors (Lipinski definition) is 2. The van der Waals surface area contributed by atoms with Gasteiger partial charge in [0, 0.05) is 5.56 Å². The molecule has 3 rings (SSSR count). The highest BCUT2D eigenvalue weighted by Crippen LogP contribution is 2.33. The van der Waals surface area contributed by atoms with Crippen molar-refractivity contribution in [3.63, 3.8) is 0 Å². The molecule has 0 spiro atoms. The Morgan fingerprint density at radius 1 is 1.29 bits per heavy atom. The smallest absolute Gasteiger partial charge is 0.226 e. The molecular weight excluding hydrogens is 320 g/mol. The largest absolute Gasteiger partial charge is 0.392 e. The SMILES string of the molecule is Cc1ccc(-c2nc(C)c(C(C)NC(=O)C3CCCC3O)s2)cc1.